The lowest BCUT2D eigenvalue weighted by molar-refractivity contribution is -0.138. The third-order valence-corrected chi connectivity index (χ3v) is 7.06. The van der Waals surface area contributed by atoms with Crippen LogP contribution in [0.4, 0.5) is 5.69 Å². The van der Waals surface area contributed by atoms with Crippen molar-refractivity contribution >= 4 is 46.8 Å². The summed E-state index contributed by atoms with van der Waals surface area (Å²) in [5.41, 5.74) is 3.26. The summed E-state index contributed by atoms with van der Waals surface area (Å²) in [4.78, 5) is 14.9. The van der Waals surface area contributed by atoms with Gasteiger partial charge < -0.3 is 10.0 Å². The topological polar surface area (TPSA) is 43.8 Å². The number of nitrogens with zero attached hydrogens (tertiary/aromatic N) is 2. The van der Waals surface area contributed by atoms with Crippen LogP contribution in [0, 0.1) is 0 Å². The number of fused-ring (bicyclic) bond motifs is 1. The predicted molar refractivity (Wildman–Crippen MR) is 111 cm³/mol. The van der Waals surface area contributed by atoms with Crippen LogP contribution in [-0.2, 0) is 11.2 Å². The van der Waals surface area contributed by atoms with E-state index in [4.69, 9.17) is 23.2 Å². The Balaban J connectivity index is 1.39. The number of hydrogen-bond acceptors (Lipinski definition) is 4. The molecule has 1 aliphatic heterocycles. The number of hydrogen-bond donors (Lipinski definition) is 1. The van der Waals surface area contributed by atoms with Crippen molar-refractivity contribution in [1.82, 2.24) is 4.31 Å². The molecular formula is C20H20Cl2N2O2S. The fourth-order valence-electron chi connectivity index (χ4n) is 3.76. The maximum atomic E-state index is 11.4. The van der Waals surface area contributed by atoms with E-state index in [1.165, 1.54) is 5.56 Å². The highest BCUT2D eigenvalue weighted by atomic mass is 35.5. The zero-order chi connectivity index (χ0) is 19.0. The number of aryl methyl sites for hydroxylation is 1. The summed E-state index contributed by atoms with van der Waals surface area (Å²) in [5, 5.41) is 10.6. The first-order valence-electron chi connectivity index (χ1n) is 9.00. The predicted octanol–water partition coefficient (Wildman–Crippen LogP) is 4.94. The molecule has 27 heavy (non-hydrogen) atoms. The quantitative estimate of drug-likeness (QED) is 0.706. The van der Waals surface area contributed by atoms with Crippen LogP contribution in [0.2, 0.25) is 10.0 Å². The molecule has 0 radical (unpaired) electrons. The molecule has 1 saturated heterocycles. The highest BCUT2D eigenvalue weighted by Crippen LogP contribution is 2.37. The molecule has 2 aromatic carbocycles. The number of carboxylic acid groups (broad SMARTS) is 1. The fraction of sp³-hybridized carbons (Fsp3) is 0.350. The molecule has 1 unspecified atom stereocenters. The third kappa shape index (κ3) is 4.06. The monoisotopic (exact) mass is 422 g/mol. The van der Waals surface area contributed by atoms with Crippen LogP contribution < -0.4 is 4.90 Å². The van der Waals surface area contributed by atoms with E-state index in [1.54, 1.807) is 11.9 Å². The molecule has 0 bridgehead atoms. The van der Waals surface area contributed by atoms with Gasteiger partial charge in [-0.1, -0.05) is 29.3 Å². The van der Waals surface area contributed by atoms with E-state index in [1.807, 2.05) is 18.2 Å². The molecule has 0 saturated carbocycles. The van der Waals surface area contributed by atoms with Crippen LogP contribution >= 0.6 is 35.1 Å². The van der Waals surface area contributed by atoms with Crippen molar-refractivity contribution in [3.05, 3.63) is 57.6 Å². The number of benzene rings is 2. The van der Waals surface area contributed by atoms with E-state index >= 15 is 0 Å². The first-order valence-corrected chi connectivity index (χ1v) is 10.5. The second kappa shape index (κ2) is 7.92. The van der Waals surface area contributed by atoms with Crippen LogP contribution in [0.25, 0.3) is 0 Å². The summed E-state index contributed by atoms with van der Waals surface area (Å²) < 4.78 is 2.33. The van der Waals surface area contributed by atoms with Gasteiger partial charge in [-0.15, -0.1) is 0 Å². The lowest BCUT2D eigenvalue weighted by Gasteiger charge is -2.35. The molecule has 1 heterocycles. The van der Waals surface area contributed by atoms with Gasteiger partial charge in [-0.05, 0) is 66.2 Å². The van der Waals surface area contributed by atoms with Crippen LogP contribution in [0.3, 0.4) is 0 Å². The summed E-state index contributed by atoms with van der Waals surface area (Å²) in [6.07, 6.45) is 1.57. The summed E-state index contributed by atoms with van der Waals surface area (Å²) in [7, 11) is 0. The SMILES string of the molecule is O=C(O)C1CCc2ccc(SN3CCN(c4ccc(Cl)c(Cl)c4)CC3)cc21. The van der Waals surface area contributed by atoms with Crippen molar-refractivity contribution in [2.24, 2.45) is 0 Å². The van der Waals surface area contributed by atoms with E-state index in [0.717, 1.165) is 48.7 Å². The Morgan fingerprint density at radius 3 is 2.52 bits per heavy atom. The molecule has 142 valence electrons. The molecule has 0 aromatic heterocycles. The van der Waals surface area contributed by atoms with E-state index in [2.05, 4.69) is 27.4 Å². The molecule has 2 aromatic rings. The Hall–Kier alpha value is -1.40. The molecule has 4 nitrogen and oxygen atoms in total. The number of carboxylic acids is 1. The second-order valence-corrected chi connectivity index (χ2v) is 8.88. The Labute approximate surface area is 173 Å². The molecule has 1 aliphatic carbocycles. The molecule has 1 fully saturated rings. The van der Waals surface area contributed by atoms with Gasteiger partial charge in [0.25, 0.3) is 0 Å². The molecule has 0 amide bonds. The van der Waals surface area contributed by atoms with Gasteiger partial charge in [0.2, 0.25) is 0 Å². The Bertz CT molecular complexity index is 869. The fourth-order valence-corrected chi connectivity index (χ4v) is 5.01. The van der Waals surface area contributed by atoms with E-state index in [9.17, 15) is 9.90 Å². The van der Waals surface area contributed by atoms with E-state index in [0.29, 0.717) is 16.5 Å². The van der Waals surface area contributed by atoms with Crippen LogP contribution in [0.1, 0.15) is 23.5 Å². The number of carbonyl (C=O) groups is 1. The average molecular weight is 423 g/mol. The summed E-state index contributed by atoms with van der Waals surface area (Å²) >= 11 is 13.9. The van der Waals surface area contributed by atoms with Gasteiger partial charge >= 0.3 is 5.97 Å². The third-order valence-electron chi connectivity index (χ3n) is 5.23. The molecule has 0 spiro atoms. The maximum absolute atomic E-state index is 11.4. The zero-order valence-electron chi connectivity index (χ0n) is 14.7. The maximum Gasteiger partial charge on any atom is 0.310 e. The van der Waals surface area contributed by atoms with Gasteiger partial charge in [-0.2, -0.15) is 0 Å². The van der Waals surface area contributed by atoms with Crippen molar-refractivity contribution < 1.29 is 9.90 Å². The number of anilines is 1. The van der Waals surface area contributed by atoms with Gasteiger partial charge in [-0.3, -0.25) is 4.79 Å². The van der Waals surface area contributed by atoms with Crippen molar-refractivity contribution in [2.75, 3.05) is 31.1 Å². The van der Waals surface area contributed by atoms with Crippen molar-refractivity contribution in [3.8, 4) is 0 Å². The first kappa shape index (κ1) is 18.9. The highest BCUT2D eigenvalue weighted by Gasteiger charge is 2.29. The van der Waals surface area contributed by atoms with E-state index in [-0.39, 0.29) is 5.92 Å². The first-order chi connectivity index (χ1) is 13.0. The molecule has 4 rings (SSSR count). The van der Waals surface area contributed by atoms with Crippen LogP contribution in [0.5, 0.6) is 0 Å². The molecule has 2 aliphatic rings. The number of piperazine rings is 1. The number of halogens is 2. The zero-order valence-corrected chi connectivity index (χ0v) is 17.0. The van der Waals surface area contributed by atoms with E-state index < -0.39 is 5.97 Å². The smallest absolute Gasteiger partial charge is 0.310 e. The van der Waals surface area contributed by atoms with Gasteiger partial charge in [0.05, 0.1) is 16.0 Å². The Morgan fingerprint density at radius 2 is 1.81 bits per heavy atom. The number of aliphatic carboxylic acids is 1. The van der Waals surface area contributed by atoms with Gasteiger partial charge in [0, 0.05) is 36.8 Å². The minimum absolute atomic E-state index is 0.355. The van der Waals surface area contributed by atoms with Crippen LogP contribution in [-0.4, -0.2) is 41.6 Å². The highest BCUT2D eigenvalue weighted by molar-refractivity contribution is 7.97. The standard InChI is InChI=1S/C20H20Cl2N2O2S/c21-18-6-3-14(11-19(18)22)23-7-9-24(10-8-23)27-15-4-1-13-2-5-16(20(25)26)17(13)12-15/h1,3-4,6,11-12,16H,2,5,7-10H2,(H,25,26). The minimum atomic E-state index is -0.717. The average Bonchev–Trinajstić information content (AvgIpc) is 3.08. The van der Waals surface area contributed by atoms with Gasteiger partial charge in [-0.25, -0.2) is 4.31 Å². The van der Waals surface area contributed by atoms with Gasteiger partial charge in [0.15, 0.2) is 0 Å². The largest absolute Gasteiger partial charge is 0.481 e. The molecule has 7 heteroatoms. The van der Waals surface area contributed by atoms with Crippen LogP contribution in [0.15, 0.2) is 41.3 Å². The van der Waals surface area contributed by atoms with Crippen molar-refractivity contribution in [2.45, 2.75) is 23.7 Å². The lowest BCUT2D eigenvalue weighted by Crippen LogP contribution is -2.43. The minimum Gasteiger partial charge on any atom is -0.481 e. The molecule has 1 atom stereocenters. The normalized spacial score (nSPS) is 19.9. The Morgan fingerprint density at radius 1 is 1.04 bits per heavy atom. The Kier molecular flexibility index (Phi) is 5.55. The second-order valence-electron chi connectivity index (χ2n) is 6.90. The lowest BCUT2D eigenvalue weighted by atomic mass is 10.0. The molecular weight excluding hydrogens is 403 g/mol. The summed E-state index contributed by atoms with van der Waals surface area (Å²) in [5.74, 6) is -1.07. The molecule has 1 N–H and O–H groups in total. The van der Waals surface area contributed by atoms with Gasteiger partial charge in [0.1, 0.15) is 0 Å². The summed E-state index contributed by atoms with van der Waals surface area (Å²) in [6, 6.07) is 12.0. The van der Waals surface area contributed by atoms with Crippen molar-refractivity contribution in [1.29, 1.82) is 0 Å². The van der Waals surface area contributed by atoms with Crippen molar-refractivity contribution in [3.63, 3.8) is 0 Å². The summed E-state index contributed by atoms with van der Waals surface area (Å²) in [6.45, 7) is 3.66. The number of rotatable bonds is 4.